The number of anilines is 1. The molecule has 1 aromatic carbocycles. The molecular weight excluding hydrogens is 235 g/mol. The Morgan fingerprint density at radius 2 is 2.17 bits per heavy atom. The van der Waals surface area contributed by atoms with Crippen LogP contribution in [0.4, 0.5) is 10.1 Å². The molecule has 0 aliphatic rings. The first-order valence-corrected chi connectivity index (χ1v) is 5.89. The normalized spacial score (nSPS) is 9.94. The Labute approximate surface area is 106 Å². The van der Waals surface area contributed by atoms with E-state index in [4.69, 9.17) is 0 Å². The Morgan fingerprint density at radius 3 is 2.72 bits per heavy atom. The average molecular weight is 252 g/mol. The van der Waals surface area contributed by atoms with Gasteiger partial charge in [-0.3, -0.25) is 9.59 Å². The van der Waals surface area contributed by atoms with E-state index in [-0.39, 0.29) is 23.7 Å². The molecule has 18 heavy (non-hydrogen) atoms. The molecule has 0 atom stereocenters. The summed E-state index contributed by atoms with van der Waals surface area (Å²) >= 11 is 0. The van der Waals surface area contributed by atoms with E-state index in [1.54, 1.807) is 11.8 Å². The van der Waals surface area contributed by atoms with Crippen LogP contribution in [0.15, 0.2) is 18.2 Å². The maximum Gasteiger partial charge on any atom is 0.239 e. The molecular formula is C13H17FN2O2. The molecule has 0 aromatic heterocycles. The molecule has 0 radical (unpaired) electrons. The van der Waals surface area contributed by atoms with Crippen molar-refractivity contribution >= 4 is 17.9 Å². The van der Waals surface area contributed by atoms with Crippen molar-refractivity contribution in [3.05, 3.63) is 29.6 Å². The molecule has 0 aliphatic carbocycles. The monoisotopic (exact) mass is 252 g/mol. The Kier molecular flexibility index (Phi) is 5.30. The van der Waals surface area contributed by atoms with E-state index in [0.717, 1.165) is 0 Å². The summed E-state index contributed by atoms with van der Waals surface area (Å²) in [6.45, 7) is 4.62. The Morgan fingerprint density at radius 1 is 1.44 bits per heavy atom. The highest BCUT2D eigenvalue weighted by atomic mass is 19.1. The average Bonchev–Trinajstić information content (AvgIpc) is 2.36. The van der Waals surface area contributed by atoms with Gasteiger partial charge in [0.25, 0.3) is 0 Å². The minimum atomic E-state index is -0.495. The van der Waals surface area contributed by atoms with Gasteiger partial charge in [0.05, 0.1) is 12.2 Å². The lowest BCUT2D eigenvalue weighted by Gasteiger charge is -2.24. The molecule has 0 fully saturated rings. The third-order valence-electron chi connectivity index (χ3n) is 2.55. The summed E-state index contributed by atoms with van der Waals surface area (Å²) in [5.74, 6) is -0.690. The van der Waals surface area contributed by atoms with Crippen molar-refractivity contribution in [3.8, 4) is 0 Å². The summed E-state index contributed by atoms with van der Waals surface area (Å²) in [5.41, 5.74) is 0.433. The first-order chi connectivity index (χ1) is 8.63. The van der Waals surface area contributed by atoms with E-state index in [0.29, 0.717) is 19.4 Å². The van der Waals surface area contributed by atoms with Gasteiger partial charge in [-0.25, -0.2) is 4.39 Å². The van der Waals surface area contributed by atoms with Crippen LogP contribution in [0.5, 0.6) is 0 Å². The van der Waals surface area contributed by atoms with Crippen LogP contribution in [0.2, 0.25) is 0 Å². The van der Waals surface area contributed by atoms with Gasteiger partial charge in [-0.1, -0.05) is 6.07 Å². The quantitative estimate of drug-likeness (QED) is 0.782. The molecule has 4 nitrogen and oxygen atoms in total. The summed E-state index contributed by atoms with van der Waals surface area (Å²) in [4.78, 5) is 24.0. The second kappa shape index (κ2) is 6.74. The van der Waals surface area contributed by atoms with E-state index >= 15 is 0 Å². The second-order valence-electron chi connectivity index (χ2n) is 3.76. The van der Waals surface area contributed by atoms with Gasteiger partial charge >= 0.3 is 0 Å². The molecule has 0 aliphatic heterocycles. The fourth-order valence-electron chi connectivity index (χ4n) is 1.74. The van der Waals surface area contributed by atoms with Crippen LogP contribution in [0.1, 0.15) is 24.2 Å². The van der Waals surface area contributed by atoms with Crippen molar-refractivity contribution < 1.29 is 14.0 Å². The molecule has 1 aromatic rings. The summed E-state index contributed by atoms with van der Waals surface area (Å²) in [6, 6.07) is 4.29. The highest BCUT2D eigenvalue weighted by Gasteiger charge is 2.16. The van der Waals surface area contributed by atoms with Crippen LogP contribution < -0.4 is 10.2 Å². The van der Waals surface area contributed by atoms with Crippen molar-refractivity contribution in [2.75, 3.05) is 24.5 Å². The van der Waals surface area contributed by atoms with Crippen molar-refractivity contribution in [2.45, 2.75) is 13.8 Å². The smallest absolute Gasteiger partial charge is 0.239 e. The van der Waals surface area contributed by atoms with Gasteiger partial charge in [-0.05, 0) is 26.0 Å². The van der Waals surface area contributed by atoms with E-state index in [1.165, 1.54) is 18.2 Å². The summed E-state index contributed by atoms with van der Waals surface area (Å²) < 4.78 is 13.8. The predicted molar refractivity (Wildman–Crippen MR) is 68.4 cm³/mol. The van der Waals surface area contributed by atoms with Crippen LogP contribution >= 0.6 is 0 Å². The highest BCUT2D eigenvalue weighted by Crippen LogP contribution is 2.22. The number of halogens is 1. The summed E-state index contributed by atoms with van der Waals surface area (Å²) in [5, 5.41) is 2.65. The first kappa shape index (κ1) is 14.2. The zero-order valence-electron chi connectivity index (χ0n) is 10.6. The zero-order valence-corrected chi connectivity index (χ0v) is 10.6. The van der Waals surface area contributed by atoms with Crippen LogP contribution in [0.3, 0.4) is 0 Å². The van der Waals surface area contributed by atoms with Gasteiger partial charge in [0, 0.05) is 18.7 Å². The molecule has 0 unspecified atom stereocenters. The summed E-state index contributed by atoms with van der Waals surface area (Å²) in [7, 11) is 0. The molecule has 0 heterocycles. The van der Waals surface area contributed by atoms with Crippen molar-refractivity contribution in [1.82, 2.24) is 5.32 Å². The fraction of sp³-hybridized carbons (Fsp3) is 0.385. The number of rotatable bonds is 6. The van der Waals surface area contributed by atoms with Crippen LogP contribution in [-0.4, -0.2) is 31.8 Å². The van der Waals surface area contributed by atoms with E-state index < -0.39 is 5.82 Å². The molecule has 0 bridgehead atoms. The van der Waals surface area contributed by atoms with Gasteiger partial charge in [-0.15, -0.1) is 0 Å². The van der Waals surface area contributed by atoms with Crippen LogP contribution in [0, 0.1) is 5.82 Å². The van der Waals surface area contributed by atoms with Crippen molar-refractivity contribution in [2.24, 2.45) is 0 Å². The molecule has 0 spiro atoms. The number of hydrogen-bond donors (Lipinski definition) is 1. The number of nitrogens with zero attached hydrogens (tertiary/aromatic N) is 1. The number of amides is 1. The lowest BCUT2D eigenvalue weighted by atomic mass is 10.1. The minimum absolute atomic E-state index is 0.0338. The number of carbonyl (C=O) groups is 2. The third kappa shape index (κ3) is 3.29. The standard InChI is InChI=1S/C13H17FN2O2/c1-3-15-12(18)8-16(4-2)13-10(9-17)6-5-7-11(13)14/h5-7,9H,3-4,8H2,1-2H3,(H,15,18). The number of benzene rings is 1. The number of likely N-dealkylation sites (N-methyl/N-ethyl adjacent to an activating group) is 2. The van der Waals surface area contributed by atoms with Crippen molar-refractivity contribution in [3.63, 3.8) is 0 Å². The minimum Gasteiger partial charge on any atom is -0.360 e. The van der Waals surface area contributed by atoms with Crippen LogP contribution in [0.25, 0.3) is 0 Å². The molecule has 1 amide bonds. The zero-order chi connectivity index (χ0) is 13.5. The number of para-hydroxylation sites is 1. The molecule has 5 heteroatoms. The maximum absolute atomic E-state index is 13.8. The highest BCUT2D eigenvalue weighted by molar-refractivity contribution is 5.88. The SMILES string of the molecule is CCNC(=O)CN(CC)c1c(F)cccc1C=O. The van der Waals surface area contributed by atoms with Gasteiger partial charge in [0.1, 0.15) is 5.82 Å². The molecule has 98 valence electrons. The van der Waals surface area contributed by atoms with E-state index in [2.05, 4.69) is 5.32 Å². The fourth-order valence-corrected chi connectivity index (χ4v) is 1.74. The first-order valence-electron chi connectivity index (χ1n) is 5.89. The maximum atomic E-state index is 13.8. The Hall–Kier alpha value is -1.91. The lowest BCUT2D eigenvalue weighted by Crippen LogP contribution is -2.38. The van der Waals surface area contributed by atoms with Gasteiger partial charge in [0.2, 0.25) is 5.91 Å². The third-order valence-corrected chi connectivity index (χ3v) is 2.55. The number of aldehydes is 1. The van der Waals surface area contributed by atoms with Gasteiger partial charge in [-0.2, -0.15) is 0 Å². The number of nitrogens with one attached hydrogen (secondary N) is 1. The Bertz CT molecular complexity index is 435. The predicted octanol–water partition coefficient (Wildman–Crippen LogP) is 1.60. The van der Waals surface area contributed by atoms with E-state index in [1.807, 2.05) is 6.92 Å². The molecule has 1 rings (SSSR count). The lowest BCUT2D eigenvalue weighted by molar-refractivity contribution is -0.119. The second-order valence-corrected chi connectivity index (χ2v) is 3.76. The van der Waals surface area contributed by atoms with Gasteiger partial charge in [0.15, 0.2) is 6.29 Å². The largest absolute Gasteiger partial charge is 0.360 e. The molecule has 0 saturated carbocycles. The number of carbonyl (C=O) groups excluding carboxylic acids is 2. The van der Waals surface area contributed by atoms with E-state index in [9.17, 15) is 14.0 Å². The topological polar surface area (TPSA) is 49.4 Å². The number of hydrogen-bond acceptors (Lipinski definition) is 3. The summed E-state index contributed by atoms with van der Waals surface area (Å²) in [6.07, 6.45) is 0.596. The molecule has 1 N–H and O–H groups in total. The Balaban J connectivity index is 3.01. The van der Waals surface area contributed by atoms with Crippen LogP contribution in [-0.2, 0) is 4.79 Å². The molecule has 0 saturated heterocycles. The van der Waals surface area contributed by atoms with Crippen molar-refractivity contribution in [1.29, 1.82) is 0 Å². The van der Waals surface area contributed by atoms with Gasteiger partial charge < -0.3 is 10.2 Å².